The topological polar surface area (TPSA) is 67.4 Å². The van der Waals surface area contributed by atoms with Crippen molar-refractivity contribution in [2.24, 2.45) is 0 Å². The Morgan fingerprint density at radius 1 is 0.971 bits per heavy atom. The van der Waals surface area contributed by atoms with Crippen molar-refractivity contribution in [3.63, 3.8) is 0 Å². The van der Waals surface area contributed by atoms with Crippen LogP contribution in [-0.4, -0.2) is 56.8 Å². The van der Waals surface area contributed by atoms with Crippen LogP contribution in [0.15, 0.2) is 65.3 Å². The van der Waals surface area contributed by atoms with E-state index in [1.54, 1.807) is 0 Å². The lowest BCUT2D eigenvalue weighted by atomic mass is 10.00. The van der Waals surface area contributed by atoms with Crippen LogP contribution in [0.3, 0.4) is 0 Å². The normalized spacial score (nSPS) is 14.5. The summed E-state index contributed by atoms with van der Waals surface area (Å²) in [6, 6.07) is 18.2. The summed E-state index contributed by atoms with van der Waals surface area (Å²) < 4.78 is 7.17. The van der Waals surface area contributed by atoms with Crippen molar-refractivity contribution in [2.75, 3.05) is 26.2 Å². The van der Waals surface area contributed by atoms with E-state index in [4.69, 9.17) is 9.62 Å². The summed E-state index contributed by atoms with van der Waals surface area (Å²) in [6.07, 6.45) is 1.87. The minimum atomic E-state index is 0.0207. The highest BCUT2D eigenvalue weighted by atomic mass is 16.5. The number of benzene rings is 2. The summed E-state index contributed by atoms with van der Waals surface area (Å²) >= 11 is 0. The monoisotopic (exact) mass is 455 g/mol. The van der Waals surface area contributed by atoms with Crippen molar-refractivity contribution in [1.82, 2.24) is 24.7 Å². The van der Waals surface area contributed by atoms with Gasteiger partial charge >= 0.3 is 0 Å². The van der Waals surface area contributed by atoms with E-state index in [9.17, 15) is 4.79 Å². The first-order chi connectivity index (χ1) is 16.5. The van der Waals surface area contributed by atoms with Crippen molar-refractivity contribution in [3.05, 3.63) is 88.9 Å². The average Bonchev–Trinajstić information content (AvgIpc) is 3.46. The van der Waals surface area contributed by atoms with Crippen LogP contribution in [0.5, 0.6) is 0 Å². The Labute approximate surface area is 199 Å². The average molecular weight is 456 g/mol. The molecule has 0 unspecified atom stereocenters. The molecule has 7 heteroatoms. The van der Waals surface area contributed by atoms with Gasteiger partial charge in [-0.25, -0.2) is 4.68 Å². The second kappa shape index (κ2) is 9.27. The van der Waals surface area contributed by atoms with Crippen molar-refractivity contribution >= 4 is 5.91 Å². The summed E-state index contributed by atoms with van der Waals surface area (Å²) in [4.78, 5) is 17.9. The second-order valence-electron chi connectivity index (χ2n) is 8.99. The zero-order valence-electron chi connectivity index (χ0n) is 19.9. The van der Waals surface area contributed by atoms with Gasteiger partial charge in [0.2, 0.25) is 0 Å². The maximum atomic E-state index is 13.7. The predicted octanol–water partition coefficient (Wildman–Crippen LogP) is 4.41. The third kappa shape index (κ3) is 4.52. The maximum absolute atomic E-state index is 13.7. The van der Waals surface area contributed by atoms with Crippen LogP contribution < -0.4 is 0 Å². The van der Waals surface area contributed by atoms with Gasteiger partial charge in [-0.2, -0.15) is 5.10 Å². The fraction of sp³-hybridized carbons (Fsp3) is 0.296. The molecule has 1 aliphatic rings. The van der Waals surface area contributed by atoms with E-state index in [0.717, 1.165) is 47.1 Å². The molecule has 0 radical (unpaired) electrons. The maximum Gasteiger partial charge on any atom is 0.257 e. The number of nitrogens with zero attached hydrogens (tertiary/aromatic N) is 5. The number of aryl methyl sites for hydroxylation is 3. The fourth-order valence-electron chi connectivity index (χ4n) is 4.51. The molecule has 1 aliphatic heterocycles. The summed E-state index contributed by atoms with van der Waals surface area (Å²) in [5, 5.41) is 8.84. The molecule has 1 amide bonds. The van der Waals surface area contributed by atoms with E-state index in [1.165, 1.54) is 5.56 Å². The summed E-state index contributed by atoms with van der Waals surface area (Å²) in [7, 11) is 0. The first-order valence-electron chi connectivity index (χ1n) is 11.6. The molecular formula is C27H29N5O2. The Morgan fingerprint density at radius 3 is 2.41 bits per heavy atom. The lowest BCUT2D eigenvalue weighted by Crippen LogP contribution is -2.48. The van der Waals surface area contributed by atoms with Gasteiger partial charge in [0, 0.05) is 44.0 Å². The minimum Gasteiger partial charge on any atom is -0.360 e. The van der Waals surface area contributed by atoms with E-state index >= 15 is 0 Å². The second-order valence-corrected chi connectivity index (χ2v) is 8.99. The number of carbonyl (C=O) groups excluding carboxylic acids is 1. The lowest BCUT2D eigenvalue weighted by molar-refractivity contribution is 0.0618. The molecule has 0 saturated carbocycles. The third-order valence-corrected chi connectivity index (χ3v) is 6.32. The molecule has 7 nitrogen and oxygen atoms in total. The molecule has 0 N–H and O–H groups in total. The molecule has 34 heavy (non-hydrogen) atoms. The molecule has 1 saturated heterocycles. The third-order valence-electron chi connectivity index (χ3n) is 6.32. The van der Waals surface area contributed by atoms with Gasteiger partial charge in [0.1, 0.15) is 5.69 Å². The van der Waals surface area contributed by atoms with Crippen LogP contribution in [0.25, 0.3) is 16.9 Å². The summed E-state index contributed by atoms with van der Waals surface area (Å²) in [6.45, 7) is 9.68. The van der Waals surface area contributed by atoms with E-state index in [1.807, 2.05) is 59.1 Å². The van der Waals surface area contributed by atoms with Crippen LogP contribution in [0, 0.1) is 20.8 Å². The number of hydrogen-bond acceptors (Lipinski definition) is 5. The fourth-order valence-corrected chi connectivity index (χ4v) is 4.51. The van der Waals surface area contributed by atoms with Crippen LogP contribution in [0.4, 0.5) is 0 Å². The van der Waals surface area contributed by atoms with Crippen molar-refractivity contribution in [1.29, 1.82) is 0 Å². The standard InChI is InChI=1S/C27H29N5O2/c1-19-9-10-24(20(2)15-19)26-25(18-32(28-26)22-7-5-4-6-8-22)27(33)31-13-11-30(12-14-31)17-23-16-21(3)29-34-23/h4-10,15-16,18H,11-14,17H2,1-3H3. The Balaban J connectivity index is 1.40. The van der Waals surface area contributed by atoms with Gasteiger partial charge in [-0.15, -0.1) is 0 Å². The molecule has 0 atom stereocenters. The minimum absolute atomic E-state index is 0.0207. The highest BCUT2D eigenvalue weighted by Gasteiger charge is 2.27. The Morgan fingerprint density at radius 2 is 1.74 bits per heavy atom. The van der Waals surface area contributed by atoms with Crippen molar-refractivity contribution in [3.8, 4) is 16.9 Å². The van der Waals surface area contributed by atoms with Crippen LogP contribution in [0.1, 0.15) is 32.9 Å². The van der Waals surface area contributed by atoms with Gasteiger partial charge in [-0.05, 0) is 38.5 Å². The number of rotatable bonds is 5. The molecule has 3 heterocycles. The number of carbonyl (C=O) groups is 1. The van der Waals surface area contributed by atoms with Crippen LogP contribution in [-0.2, 0) is 6.54 Å². The quantitative estimate of drug-likeness (QED) is 0.446. The largest absolute Gasteiger partial charge is 0.360 e. The molecule has 0 bridgehead atoms. The highest BCUT2D eigenvalue weighted by Crippen LogP contribution is 2.29. The molecule has 2 aromatic heterocycles. The molecule has 1 fully saturated rings. The Bertz CT molecular complexity index is 1300. The molecule has 2 aromatic carbocycles. The van der Waals surface area contributed by atoms with Gasteiger partial charge in [-0.3, -0.25) is 9.69 Å². The molecule has 5 rings (SSSR count). The number of aromatic nitrogens is 3. The Kier molecular flexibility index (Phi) is 6.02. The number of amides is 1. The Hall–Kier alpha value is -3.71. The van der Waals surface area contributed by atoms with E-state index < -0.39 is 0 Å². The van der Waals surface area contributed by atoms with Crippen LogP contribution in [0.2, 0.25) is 0 Å². The van der Waals surface area contributed by atoms with Crippen LogP contribution >= 0.6 is 0 Å². The number of hydrogen-bond donors (Lipinski definition) is 0. The first kappa shape index (κ1) is 22.1. The zero-order valence-corrected chi connectivity index (χ0v) is 19.9. The summed E-state index contributed by atoms with van der Waals surface area (Å²) in [5.74, 6) is 0.880. The first-order valence-corrected chi connectivity index (χ1v) is 11.6. The zero-order chi connectivity index (χ0) is 23.7. The van der Waals surface area contributed by atoms with E-state index in [2.05, 4.69) is 42.1 Å². The van der Waals surface area contributed by atoms with Gasteiger partial charge in [0.15, 0.2) is 5.76 Å². The van der Waals surface area contributed by atoms with Crippen molar-refractivity contribution < 1.29 is 9.32 Å². The summed E-state index contributed by atoms with van der Waals surface area (Å²) in [5.41, 5.74) is 6.47. The molecule has 174 valence electrons. The smallest absolute Gasteiger partial charge is 0.257 e. The van der Waals surface area contributed by atoms with Gasteiger partial charge in [-0.1, -0.05) is 47.1 Å². The molecule has 0 spiro atoms. The number of piperazine rings is 1. The molecule has 0 aliphatic carbocycles. The van der Waals surface area contributed by atoms with E-state index in [0.29, 0.717) is 25.2 Å². The highest BCUT2D eigenvalue weighted by molar-refractivity contribution is 6.00. The van der Waals surface area contributed by atoms with Gasteiger partial charge in [0.05, 0.1) is 23.5 Å². The van der Waals surface area contributed by atoms with E-state index in [-0.39, 0.29) is 5.91 Å². The lowest BCUT2D eigenvalue weighted by Gasteiger charge is -2.34. The number of para-hydroxylation sites is 1. The molecule has 4 aromatic rings. The van der Waals surface area contributed by atoms with Crippen molar-refractivity contribution in [2.45, 2.75) is 27.3 Å². The van der Waals surface area contributed by atoms with Gasteiger partial charge < -0.3 is 9.42 Å². The SMILES string of the molecule is Cc1ccc(-c2nn(-c3ccccc3)cc2C(=O)N2CCN(Cc3cc(C)no3)CC2)c(C)c1. The molecular weight excluding hydrogens is 426 g/mol. The van der Waals surface area contributed by atoms with Gasteiger partial charge in [0.25, 0.3) is 5.91 Å². The predicted molar refractivity (Wildman–Crippen MR) is 131 cm³/mol.